The minimum Gasteiger partial charge on any atom is -0.0988 e. The lowest BCUT2D eigenvalue weighted by atomic mass is 9.96. The molecule has 20 heavy (non-hydrogen) atoms. The normalized spacial score (nSPS) is 17.1. The van der Waals surface area contributed by atoms with Gasteiger partial charge in [-0.2, -0.15) is 0 Å². The summed E-state index contributed by atoms with van der Waals surface area (Å²) in [5.41, 5.74) is 7.14. The lowest BCUT2D eigenvalue weighted by Crippen LogP contribution is -1.90. The topological polar surface area (TPSA) is 0 Å². The molecule has 0 unspecified atom stereocenters. The predicted molar refractivity (Wildman–Crippen MR) is 91.8 cm³/mol. The van der Waals surface area contributed by atoms with Gasteiger partial charge in [-0.05, 0) is 59.0 Å². The minimum absolute atomic E-state index is 1.07. The molecule has 108 valence electrons. The van der Waals surface area contributed by atoms with Crippen LogP contribution in [0.1, 0.15) is 53.4 Å². The van der Waals surface area contributed by atoms with Crippen LogP contribution in [0.3, 0.4) is 0 Å². The molecular weight excluding hydrogens is 240 g/mol. The average Bonchev–Trinajstić information content (AvgIpc) is 2.66. The fourth-order valence-electron chi connectivity index (χ4n) is 2.32. The molecule has 0 atom stereocenters. The van der Waals surface area contributed by atoms with Gasteiger partial charge in [0.2, 0.25) is 0 Å². The summed E-state index contributed by atoms with van der Waals surface area (Å²) in [6, 6.07) is 0. The van der Waals surface area contributed by atoms with Crippen LogP contribution in [0.25, 0.3) is 0 Å². The molecule has 0 radical (unpaired) electrons. The Morgan fingerprint density at radius 1 is 1.35 bits per heavy atom. The van der Waals surface area contributed by atoms with Crippen molar-refractivity contribution < 1.29 is 0 Å². The average molecular weight is 268 g/mol. The van der Waals surface area contributed by atoms with Gasteiger partial charge in [0.05, 0.1) is 0 Å². The highest BCUT2D eigenvalue weighted by atomic mass is 14.1. The van der Waals surface area contributed by atoms with Crippen molar-refractivity contribution in [2.45, 2.75) is 53.4 Å². The third-order valence-corrected chi connectivity index (χ3v) is 3.93. The van der Waals surface area contributed by atoms with Crippen LogP contribution < -0.4 is 0 Å². The molecule has 1 aliphatic rings. The summed E-state index contributed by atoms with van der Waals surface area (Å²) in [5, 5.41) is 0. The standard InChI is InChI=1S/C20H28/c1-6-17(4)18(5)15-19(7-2)12-13-20-11-9-8-10-16(3)14-20/h6-9,11,14H,1,10,12-13,15H2,2-5H3/b18-17-,19-7-. The first-order chi connectivity index (χ1) is 9.56. The summed E-state index contributed by atoms with van der Waals surface area (Å²) >= 11 is 0. The third kappa shape index (κ3) is 5.61. The van der Waals surface area contributed by atoms with Gasteiger partial charge < -0.3 is 0 Å². The molecule has 0 aromatic rings. The Labute approximate surface area is 125 Å². The Morgan fingerprint density at radius 2 is 2.10 bits per heavy atom. The van der Waals surface area contributed by atoms with Crippen LogP contribution >= 0.6 is 0 Å². The fourth-order valence-corrected chi connectivity index (χ4v) is 2.32. The zero-order valence-electron chi connectivity index (χ0n) is 13.5. The first-order valence-electron chi connectivity index (χ1n) is 7.52. The van der Waals surface area contributed by atoms with Crippen molar-refractivity contribution in [2.24, 2.45) is 0 Å². The lowest BCUT2D eigenvalue weighted by molar-refractivity contribution is 0.888. The van der Waals surface area contributed by atoms with E-state index in [0.717, 1.165) is 25.7 Å². The maximum absolute atomic E-state index is 3.85. The van der Waals surface area contributed by atoms with Crippen LogP contribution in [-0.2, 0) is 0 Å². The zero-order chi connectivity index (χ0) is 15.0. The van der Waals surface area contributed by atoms with E-state index >= 15 is 0 Å². The molecule has 1 rings (SSSR count). The molecule has 0 aromatic heterocycles. The van der Waals surface area contributed by atoms with Crippen LogP contribution in [0, 0.1) is 0 Å². The van der Waals surface area contributed by atoms with Crippen LogP contribution in [0.2, 0.25) is 0 Å². The first kappa shape index (κ1) is 16.5. The highest BCUT2D eigenvalue weighted by Crippen LogP contribution is 2.23. The molecule has 0 bridgehead atoms. The molecule has 0 N–H and O–H groups in total. The Hall–Kier alpha value is -1.56. The number of hydrogen-bond donors (Lipinski definition) is 0. The highest BCUT2D eigenvalue weighted by Gasteiger charge is 2.03. The number of allylic oxidation sites excluding steroid dienone is 11. The molecule has 0 spiro atoms. The number of rotatable bonds is 6. The second-order valence-corrected chi connectivity index (χ2v) is 5.66. The molecule has 1 aliphatic carbocycles. The van der Waals surface area contributed by atoms with E-state index in [2.05, 4.69) is 64.7 Å². The van der Waals surface area contributed by atoms with E-state index in [0.29, 0.717) is 0 Å². The van der Waals surface area contributed by atoms with Crippen LogP contribution in [0.4, 0.5) is 0 Å². The van der Waals surface area contributed by atoms with Gasteiger partial charge >= 0.3 is 0 Å². The molecule has 0 aromatic carbocycles. The lowest BCUT2D eigenvalue weighted by Gasteiger charge is -2.10. The molecule has 0 saturated carbocycles. The van der Waals surface area contributed by atoms with Gasteiger partial charge in [-0.1, -0.05) is 65.3 Å². The van der Waals surface area contributed by atoms with Gasteiger partial charge in [0.25, 0.3) is 0 Å². The second kappa shape index (κ2) is 8.58. The van der Waals surface area contributed by atoms with Gasteiger partial charge in [-0.3, -0.25) is 0 Å². The van der Waals surface area contributed by atoms with E-state index in [1.54, 1.807) is 0 Å². The van der Waals surface area contributed by atoms with Gasteiger partial charge in [0, 0.05) is 0 Å². The van der Waals surface area contributed by atoms with E-state index in [1.165, 1.54) is 27.9 Å². The van der Waals surface area contributed by atoms with Crippen LogP contribution in [0.15, 0.2) is 70.9 Å². The molecule has 0 heteroatoms. The first-order valence-corrected chi connectivity index (χ1v) is 7.52. The molecule has 0 amide bonds. The molecule has 0 heterocycles. The Balaban J connectivity index is 2.63. The van der Waals surface area contributed by atoms with Crippen molar-refractivity contribution in [1.29, 1.82) is 0 Å². The second-order valence-electron chi connectivity index (χ2n) is 5.66. The number of hydrogen-bond acceptors (Lipinski definition) is 0. The summed E-state index contributed by atoms with van der Waals surface area (Å²) in [5.74, 6) is 0. The minimum atomic E-state index is 1.07. The largest absolute Gasteiger partial charge is 0.0988 e. The van der Waals surface area contributed by atoms with Crippen molar-refractivity contribution in [1.82, 2.24) is 0 Å². The Bertz CT molecular complexity index is 490. The van der Waals surface area contributed by atoms with Gasteiger partial charge in [0.15, 0.2) is 0 Å². The third-order valence-electron chi connectivity index (χ3n) is 3.93. The maximum Gasteiger partial charge on any atom is -0.0106 e. The van der Waals surface area contributed by atoms with E-state index in [9.17, 15) is 0 Å². The van der Waals surface area contributed by atoms with Crippen LogP contribution in [-0.4, -0.2) is 0 Å². The van der Waals surface area contributed by atoms with Crippen molar-refractivity contribution >= 4 is 0 Å². The predicted octanol–water partition coefficient (Wildman–Crippen LogP) is 6.46. The molecule has 0 fully saturated rings. The Kier molecular flexibility index (Phi) is 7.08. The Morgan fingerprint density at radius 3 is 2.75 bits per heavy atom. The van der Waals surface area contributed by atoms with E-state index < -0.39 is 0 Å². The van der Waals surface area contributed by atoms with Gasteiger partial charge in [-0.25, -0.2) is 0 Å². The van der Waals surface area contributed by atoms with Crippen molar-refractivity contribution in [3.63, 3.8) is 0 Å². The quantitative estimate of drug-likeness (QED) is 0.383. The summed E-state index contributed by atoms with van der Waals surface area (Å²) in [4.78, 5) is 0. The van der Waals surface area contributed by atoms with Crippen LogP contribution in [0.5, 0.6) is 0 Å². The van der Waals surface area contributed by atoms with Crippen molar-refractivity contribution in [3.05, 3.63) is 70.9 Å². The summed E-state index contributed by atoms with van der Waals surface area (Å²) in [6.07, 6.45) is 17.6. The summed E-state index contributed by atoms with van der Waals surface area (Å²) in [6.45, 7) is 12.6. The highest BCUT2D eigenvalue weighted by molar-refractivity contribution is 5.32. The van der Waals surface area contributed by atoms with E-state index in [4.69, 9.17) is 0 Å². The van der Waals surface area contributed by atoms with E-state index in [-0.39, 0.29) is 0 Å². The van der Waals surface area contributed by atoms with Crippen molar-refractivity contribution in [2.75, 3.05) is 0 Å². The fraction of sp³-hybridized carbons (Fsp3) is 0.400. The maximum atomic E-state index is 3.85. The summed E-state index contributed by atoms with van der Waals surface area (Å²) < 4.78 is 0. The summed E-state index contributed by atoms with van der Waals surface area (Å²) in [7, 11) is 0. The SMILES string of the molecule is C=C/C(C)=C(/C)C/C(=C\C)CCC1=CC=CCC(C)=C1. The van der Waals surface area contributed by atoms with Crippen molar-refractivity contribution in [3.8, 4) is 0 Å². The molecule has 0 nitrogen and oxygen atoms in total. The zero-order valence-corrected chi connectivity index (χ0v) is 13.5. The smallest absolute Gasteiger partial charge is 0.0106 e. The molecular formula is C20H28. The molecule has 0 aliphatic heterocycles. The van der Waals surface area contributed by atoms with Gasteiger partial charge in [0.1, 0.15) is 0 Å². The molecule has 0 saturated heterocycles. The monoisotopic (exact) mass is 268 g/mol. The van der Waals surface area contributed by atoms with E-state index in [1.807, 2.05) is 6.08 Å². The van der Waals surface area contributed by atoms with Gasteiger partial charge in [-0.15, -0.1) is 0 Å².